The topological polar surface area (TPSA) is 97.0 Å². The fraction of sp³-hybridized carbons (Fsp3) is 0.500. The standard InChI is InChI=1S/C18H25N3O5/c1-19-17(23)25-12-14-6-2-3-7-15(14)13-26-18(24)20-9-5-11-21-10-4-8-16(21)22/h2-3,6-7H,4-5,8-13H2,1H3,(H,19,23)(H,20,24). The van der Waals surface area contributed by atoms with Crippen molar-refractivity contribution in [3.63, 3.8) is 0 Å². The Hall–Kier alpha value is -2.77. The van der Waals surface area contributed by atoms with E-state index in [4.69, 9.17) is 9.47 Å². The van der Waals surface area contributed by atoms with Crippen LogP contribution >= 0.6 is 0 Å². The third kappa shape index (κ3) is 6.27. The molecule has 0 saturated carbocycles. The van der Waals surface area contributed by atoms with Crippen molar-refractivity contribution in [1.29, 1.82) is 0 Å². The van der Waals surface area contributed by atoms with Crippen LogP contribution in [0.3, 0.4) is 0 Å². The van der Waals surface area contributed by atoms with Gasteiger partial charge in [-0.15, -0.1) is 0 Å². The zero-order valence-corrected chi connectivity index (χ0v) is 15.0. The van der Waals surface area contributed by atoms with Crippen LogP contribution in [0.1, 0.15) is 30.4 Å². The van der Waals surface area contributed by atoms with Gasteiger partial charge in [0.25, 0.3) is 0 Å². The summed E-state index contributed by atoms with van der Waals surface area (Å²) in [5, 5.41) is 5.05. The molecule has 1 heterocycles. The largest absolute Gasteiger partial charge is 0.445 e. The molecule has 3 amide bonds. The summed E-state index contributed by atoms with van der Waals surface area (Å²) >= 11 is 0. The molecule has 0 radical (unpaired) electrons. The highest BCUT2D eigenvalue weighted by atomic mass is 16.6. The van der Waals surface area contributed by atoms with Crippen LogP contribution in [0, 0.1) is 0 Å². The lowest BCUT2D eigenvalue weighted by atomic mass is 10.1. The summed E-state index contributed by atoms with van der Waals surface area (Å²) in [5.74, 6) is 0.183. The van der Waals surface area contributed by atoms with Crippen molar-refractivity contribution >= 4 is 18.1 Å². The van der Waals surface area contributed by atoms with E-state index in [1.54, 1.807) is 0 Å². The van der Waals surface area contributed by atoms with Gasteiger partial charge in [0.15, 0.2) is 0 Å². The van der Waals surface area contributed by atoms with Gasteiger partial charge in [0.05, 0.1) is 0 Å². The molecule has 2 N–H and O–H groups in total. The van der Waals surface area contributed by atoms with Crippen LogP contribution in [-0.2, 0) is 27.5 Å². The number of amides is 3. The molecule has 26 heavy (non-hydrogen) atoms. The average Bonchev–Trinajstić information content (AvgIpc) is 3.07. The molecule has 0 unspecified atom stereocenters. The van der Waals surface area contributed by atoms with Crippen LogP contribution < -0.4 is 10.6 Å². The van der Waals surface area contributed by atoms with E-state index in [0.29, 0.717) is 25.9 Å². The van der Waals surface area contributed by atoms with E-state index in [1.807, 2.05) is 29.2 Å². The van der Waals surface area contributed by atoms with E-state index in [1.165, 1.54) is 7.05 Å². The zero-order valence-electron chi connectivity index (χ0n) is 15.0. The van der Waals surface area contributed by atoms with Gasteiger partial charge in [0.2, 0.25) is 5.91 Å². The number of nitrogens with zero attached hydrogens (tertiary/aromatic N) is 1. The molecule has 8 heteroatoms. The van der Waals surface area contributed by atoms with Gasteiger partial charge in [-0.05, 0) is 24.0 Å². The first kappa shape index (κ1) is 19.6. The Kier molecular flexibility index (Phi) is 7.73. The maximum Gasteiger partial charge on any atom is 0.407 e. The summed E-state index contributed by atoms with van der Waals surface area (Å²) in [7, 11) is 1.49. The van der Waals surface area contributed by atoms with Crippen molar-refractivity contribution in [3.8, 4) is 0 Å². The summed E-state index contributed by atoms with van der Waals surface area (Å²) in [6, 6.07) is 7.28. The number of carbonyl (C=O) groups excluding carboxylic acids is 3. The molecule has 8 nitrogen and oxygen atoms in total. The van der Waals surface area contributed by atoms with Gasteiger partial charge in [-0.1, -0.05) is 24.3 Å². The number of rotatable bonds is 8. The predicted molar refractivity (Wildman–Crippen MR) is 94.3 cm³/mol. The van der Waals surface area contributed by atoms with Gasteiger partial charge in [-0.2, -0.15) is 0 Å². The number of hydrogen-bond acceptors (Lipinski definition) is 5. The lowest BCUT2D eigenvalue weighted by molar-refractivity contribution is -0.127. The third-order valence-electron chi connectivity index (χ3n) is 4.09. The summed E-state index contributed by atoms with van der Waals surface area (Å²) in [5.41, 5.74) is 1.55. The second-order valence-electron chi connectivity index (χ2n) is 5.94. The van der Waals surface area contributed by atoms with Crippen LogP contribution in [0.4, 0.5) is 9.59 Å². The average molecular weight is 363 g/mol. The summed E-state index contributed by atoms with van der Waals surface area (Å²) < 4.78 is 10.2. The first-order valence-corrected chi connectivity index (χ1v) is 8.70. The van der Waals surface area contributed by atoms with E-state index in [0.717, 1.165) is 24.1 Å². The van der Waals surface area contributed by atoms with Crippen LogP contribution in [0.15, 0.2) is 24.3 Å². The minimum atomic E-state index is -0.519. The van der Waals surface area contributed by atoms with Gasteiger partial charge < -0.3 is 25.0 Å². The SMILES string of the molecule is CNC(=O)OCc1ccccc1COC(=O)NCCCN1CCCC1=O. The molecular weight excluding hydrogens is 338 g/mol. The molecule has 1 aromatic carbocycles. The van der Waals surface area contributed by atoms with Gasteiger partial charge in [0, 0.05) is 33.1 Å². The van der Waals surface area contributed by atoms with E-state index >= 15 is 0 Å². The number of benzene rings is 1. The normalized spacial score (nSPS) is 13.4. The lowest BCUT2D eigenvalue weighted by Gasteiger charge is -2.15. The van der Waals surface area contributed by atoms with E-state index in [2.05, 4.69) is 10.6 Å². The van der Waals surface area contributed by atoms with Gasteiger partial charge in [0.1, 0.15) is 13.2 Å². The number of alkyl carbamates (subject to hydrolysis) is 2. The second kappa shape index (κ2) is 10.3. The zero-order chi connectivity index (χ0) is 18.8. The molecule has 0 bridgehead atoms. The number of hydrogen-bond donors (Lipinski definition) is 2. The molecule has 0 aliphatic carbocycles. The van der Waals surface area contributed by atoms with Crippen LogP contribution in [0.5, 0.6) is 0 Å². The highest BCUT2D eigenvalue weighted by Crippen LogP contribution is 2.12. The van der Waals surface area contributed by atoms with Crippen molar-refractivity contribution in [2.45, 2.75) is 32.5 Å². The molecule has 0 aromatic heterocycles. The Balaban J connectivity index is 1.68. The predicted octanol–water partition coefficient (Wildman–Crippen LogP) is 1.78. The van der Waals surface area contributed by atoms with Crippen molar-refractivity contribution < 1.29 is 23.9 Å². The minimum absolute atomic E-state index is 0.0870. The molecule has 0 atom stereocenters. The van der Waals surface area contributed by atoms with Crippen molar-refractivity contribution in [1.82, 2.24) is 15.5 Å². The quantitative estimate of drug-likeness (QED) is 0.686. The van der Waals surface area contributed by atoms with Crippen LogP contribution in [-0.4, -0.2) is 49.7 Å². The number of ether oxygens (including phenoxy) is 2. The van der Waals surface area contributed by atoms with Crippen LogP contribution in [0.25, 0.3) is 0 Å². The minimum Gasteiger partial charge on any atom is -0.445 e. The van der Waals surface area contributed by atoms with E-state index in [9.17, 15) is 14.4 Å². The summed E-state index contributed by atoms with van der Waals surface area (Å²) in [6.45, 7) is 2.09. The highest BCUT2D eigenvalue weighted by molar-refractivity contribution is 5.78. The second-order valence-corrected chi connectivity index (χ2v) is 5.94. The van der Waals surface area contributed by atoms with E-state index in [-0.39, 0.29) is 19.1 Å². The molecule has 1 saturated heterocycles. The monoisotopic (exact) mass is 363 g/mol. The van der Waals surface area contributed by atoms with Crippen molar-refractivity contribution in [3.05, 3.63) is 35.4 Å². The molecule has 1 aliphatic heterocycles. The van der Waals surface area contributed by atoms with Crippen molar-refractivity contribution in [2.75, 3.05) is 26.7 Å². The maximum atomic E-state index is 11.8. The highest BCUT2D eigenvalue weighted by Gasteiger charge is 2.19. The molecule has 1 aliphatic rings. The number of likely N-dealkylation sites (tertiary alicyclic amines) is 1. The fourth-order valence-electron chi connectivity index (χ4n) is 2.65. The molecule has 142 valence electrons. The maximum absolute atomic E-state index is 11.8. The Morgan fingerprint density at radius 1 is 1.12 bits per heavy atom. The fourth-order valence-corrected chi connectivity index (χ4v) is 2.65. The summed E-state index contributed by atoms with van der Waals surface area (Å²) in [4.78, 5) is 36.3. The molecule has 2 rings (SSSR count). The Morgan fingerprint density at radius 2 is 1.77 bits per heavy atom. The Bertz CT molecular complexity index is 635. The number of carbonyl (C=O) groups is 3. The van der Waals surface area contributed by atoms with Crippen LogP contribution in [0.2, 0.25) is 0 Å². The Morgan fingerprint density at radius 3 is 2.35 bits per heavy atom. The number of nitrogens with one attached hydrogen (secondary N) is 2. The van der Waals surface area contributed by atoms with Gasteiger partial charge >= 0.3 is 12.2 Å². The van der Waals surface area contributed by atoms with Crippen molar-refractivity contribution in [2.24, 2.45) is 0 Å². The third-order valence-corrected chi connectivity index (χ3v) is 4.09. The molecular formula is C18H25N3O5. The molecule has 0 spiro atoms. The van der Waals surface area contributed by atoms with Gasteiger partial charge in [-0.3, -0.25) is 4.79 Å². The Labute approximate surface area is 152 Å². The smallest absolute Gasteiger partial charge is 0.407 e. The first-order chi connectivity index (χ1) is 12.6. The lowest BCUT2D eigenvalue weighted by Crippen LogP contribution is -2.31. The molecule has 1 fully saturated rings. The van der Waals surface area contributed by atoms with E-state index < -0.39 is 12.2 Å². The van der Waals surface area contributed by atoms with Gasteiger partial charge in [-0.25, -0.2) is 9.59 Å². The summed E-state index contributed by atoms with van der Waals surface area (Å²) in [6.07, 6.45) is 1.20. The molecule has 1 aromatic rings. The first-order valence-electron chi connectivity index (χ1n) is 8.70.